The van der Waals surface area contributed by atoms with Crippen molar-refractivity contribution in [2.45, 2.75) is 24.8 Å². The topological polar surface area (TPSA) is 108 Å². The van der Waals surface area contributed by atoms with Crippen molar-refractivity contribution in [1.82, 2.24) is 14.1 Å². The summed E-state index contributed by atoms with van der Waals surface area (Å²) >= 11 is 0. The van der Waals surface area contributed by atoms with Gasteiger partial charge in [-0.25, -0.2) is 8.42 Å². The first-order chi connectivity index (χ1) is 9.80. The molecule has 1 aromatic heterocycles. The molecule has 1 aliphatic rings. The van der Waals surface area contributed by atoms with E-state index in [9.17, 15) is 13.2 Å². The molecule has 0 spiro atoms. The maximum absolute atomic E-state index is 12.5. The highest BCUT2D eigenvalue weighted by atomic mass is 32.2. The van der Waals surface area contributed by atoms with Crippen LogP contribution in [0.4, 0.5) is 0 Å². The van der Waals surface area contributed by atoms with Gasteiger partial charge in [0.05, 0.1) is 13.3 Å². The number of esters is 1. The number of nitrogens with zero attached hydrogens (tertiary/aromatic N) is 3. The maximum Gasteiger partial charge on any atom is 0.327 e. The summed E-state index contributed by atoms with van der Waals surface area (Å²) in [5, 5.41) is 3.88. The molecule has 2 heterocycles. The quantitative estimate of drug-likeness (QED) is 0.728. The second-order valence-electron chi connectivity index (χ2n) is 5.55. The van der Waals surface area contributed by atoms with Crippen molar-refractivity contribution in [2.24, 2.45) is 11.1 Å². The predicted octanol–water partition coefficient (Wildman–Crippen LogP) is -0.584. The van der Waals surface area contributed by atoms with E-state index in [1.54, 1.807) is 0 Å². The zero-order chi connectivity index (χ0) is 15.7. The van der Waals surface area contributed by atoms with Crippen molar-refractivity contribution in [3.8, 4) is 0 Å². The fraction of sp³-hybridized carbons (Fsp3) is 0.667. The molecule has 2 N–H and O–H groups in total. The molecule has 1 atom stereocenters. The highest BCUT2D eigenvalue weighted by Gasteiger charge is 2.39. The summed E-state index contributed by atoms with van der Waals surface area (Å²) in [6, 6.07) is 0. The molecule has 8 nitrogen and oxygen atoms in total. The molecule has 0 amide bonds. The number of rotatable bonds is 5. The lowest BCUT2D eigenvalue weighted by Gasteiger charge is -2.21. The summed E-state index contributed by atoms with van der Waals surface area (Å²) < 4.78 is 32.2. The fourth-order valence-electron chi connectivity index (χ4n) is 2.26. The van der Waals surface area contributed by atoms with Gasteiger partial charge >= 0.3 is 5.97 Å². The monoisotopic (exact) mass is 316 g/mol. The highest BCUT2D eigenvalue weighted by molar-refractivity contribution is 7.89. The third-order valence-electron chi connectivity index (χ3n) is 3.78. The van der Waals surface area contributed by atoms with Gasteiger partial charge in [0.1, 0.15) is 11.4 Å². The van der Waals surface area contributed by atoms with Gasteiger partial charge in [0.15, 0.2) is 0 Å². The summed E-state index contributed by atoms with van der Waals surface area (Å²) in [5.41, 5.74) is 5.51. The van der Waals surface area contributed by atoms with Gasteiger partial charge in [0, 0.05) is 19.3 Å². The first-order valence-electron chi connectivity index (χ1n) is 6.60. The van der Waals surface area contributed by atoms with Gasteiger partial charge in [-0.3, -0.25) is 9.48 Å². The Balaban J connectivity index is 2.16. The molecule has 0 radical (unpaired) electrons. The van der Waals surface area contributed by atoms with Gasteiger partial charge in [0.25, 0.3) is 0 Å². The Morgan fingerprint density at radius 2 is 2.29 bits per heavy atom. The van der Waals surface area contributed by atoms with E-state index in [2.05, 4.69) is 9.84 Å². The number of ether oxygens (including phenoxy) is 1. The van der Waals surface area contributed by atoms with E-state index in [1.807, 2.05) is 6.92 Å². The van der Waals surface area contributed by atoms with E-state index in [-0.39, 0.29) is 16.9 Å². The Hall–Kier alpha value is -1.45. The van der Waals surface area contributed by atoms with Crippen molar-refractivity contribution < 1.29 is 17.9 Å². The smallest absolute Gasteiger partial charge is 0.327 e. The molecular formula is C12H20N4O4S. The minimum absolute atomic E-state index is 0.0766. The van der Waals surface area contributed by atoms with Gasteiger partial charge in [-0.1, -0.05) is 6.92 Å². The van der Waals surface area contributed by atoms with Crippen LogP contribution in [0.5, 0.6) is 0 Å². The molecule has 0 aliphatic carbocycles. The van der Waals surface area contributed by atoms with E-state index < -0.39 is 16.0 Å². The minimum Gasteiger partial charge on any atom is -0.468 e. The van der Waals surface area contributed by atoms with Gasteiger partial charge < -0.3 is 10.5 Å². The number of methoxy groups -OCH3 is 1. The molecule has 0 saturated carbocycles. The van der Waals surface area contributed by atoms with Crippen molar-refractivity contribution in [1.29, 1.82) is 0 Å². The van der Waals surface area contributed by atoms with Crippen molar-refractivity contribution >= 4 is 16.0 Å². The van der Waals surface area contributed by atoms with E-state index in [0.29, 0.717) is 19.6 Å². The molecule has 118 valence electrons. The molecular weight excluding hydrogens is 296 g/mol. The molecule has 1 fully saturated rings. The molecule has 1 unspecified atom stereocenters. The van der Waals surface area contributed by atoms with E-state index in [0.717, 1.165) is 6.42 Å². The Kier molecular flexibility index (Phi) is 4.35. The lowest BCUT2D eigenvalue weighted by molar-refractivity contribution is -0.141. The van der Waals surface area contributed by atoms with Gasteiger partial charge in [-0.05, 0) is 18.4 Å². The summed E-state index contributed by atoms with van der Waals surface area (Å²) in [7, 11) is -2.33. The van der Waals surface area contributed by atoms with Crippen molar-refractivity contribution in [2.75, 3.05) is 26.7 Å². The maximum atomic E-state index is 12.5. The fourth-order valence-corrected chi connectivity index (χ4v) is 3.81. The van der Waals surface area contributed by atoms with Crippen LogP contribution in [0, 0.1) is 5.41 Å². The zero-order valence-electron chi connectivity index (χ0n) is 12.2. The van der Waals surface area contributed by atoms with E-state index in [4.69, 9.17) is 5.73 Å². The van der Waals surface area contributed by atoms with E-state index >= 15 is 0 Å². The number of aromatic nitrogens is 2. The Labute approximate surface area is 123 Å². The third kappa shape index (κ3) is 3.25. The first-order valence-corrected chi connectivity index (χ1v) is 8.04. The minimum atomic E-state index is -3.60. The lowest BCUT2D eigenvalue weighted by atomic mass is 9.90. The third-order valence-corrected chi connectivity index (χ3v) is 5.58. The zero-order valence-corrected chi connectivity index (χ0v) is 13.0. The molecule has 1 saturated heterocycles. The average Bonchev–Trinajstić information content (AvgIpc) is 3.07. The number of hydrogen-bond acceptors (Lipinski definition) is 6. The Morgan fingerprint density at radius 3 is 2.86 bits per heavy atom. The van der Waals surface area contributed by atoms with Gasteiger partial charge in [0.2, 0.25) is 10.0 Å². The van der Waals surface area contributed by atoms with Crippen LogP contribution < -0.4 is 5.73 Å². The van der Waals surface area contributed by atoms with Crippen LogP contribution in [0.1, 0.15) is 13.3 Å². The van der Waals surface area contributed by atoms with Gasteiger partial charge in [-0.15, -0.1) is 0 Å². The molecule has 2 rings (SSSR count). The number of carbonyl (C=O) groups is 1. The number of nitrogens with two attached hydrogens (primary N) is 1. The SMILES string of the molecule is COC(=O)Cn1cc(S(=O)(=O)N2CCC(C)(CN)C2)cn1. The van der Waals surface area contributed by atoms with Crippen LogP contribution in [-0.4, -0.2) is 55.2 Å². The normalized spacial score (nSPS) is 23.4. The van der Waals surface area contributed by atoms with Crippen molar-refractivity contribution in [3.05, 3.63) is 12.4 Å². The molecule has 1 aromatic rings. The molecule has 21 heavy (non-hydrogen) atoms. The number of carbonyl (C=O) groups excluding carboxylic acids is 1. The molecule has 0 bridgehead atoms. The molecule has 0 aromatic carbocycles. The number of hydrogen-bond donors (Lipinski definition) is 1. The molecule has 1 aliphatic heterocycles. The van der Waals surface area contributed by atoms with Crippen LogP contribution >= 0.6 is 0 Å². The van der Waals surface area contributed by atoms with Gasteiger partial charge in [-0.2, -0.15) is 9.40 Å². The number of sulfonamides is 1. The van der Waals surface area contributed by atoms with E-state index in [1.165, 1.54) is 28.5 Å². The second-order valence-corrected chi connectivity index (χ2v) is 7.49. The van der Waals surface area contributed by atoms with Crippen LogP contribution in [-0.2, 0) is 26.1 Å². The largest absolute Gasteiger partial charge is 0.468 e. The summed E-state index contributed by atoms with van der Waals surface area (Å²) in [5.74, 6) is -0.487. The Bertz CT molecular complexity index is 627. The first kappa shape index (κ1) is 15.9. The van der Waals surface area contributed by atoms with Crippen LogP contribution in [0.2, 0.25) is 0 Å². The second kappa shape index (κ2) is 5.74. The van der Waals surface area contributed by atoms with Crippen LogP contribution in [0.3, 0.4) is 0 Å². The Morgan fingerprint density at radius 1 is 1.57 bits per heavy atom. The van der Waals surface area contributed by atoms with Crippen LogP contribution in [0.25, 0.3) is 0 Å². The standard InChI is InChI=1S/C12H20N4O4S/c1-12(8-13)3-4-16(9-12)21(18,19)10-5-14-15(6-10)7-11(17)20-2/h5-6H,3-4,7-9,13H2,1-2H3. The highest BCUT2D eigenvalue weighted by Crippen LogP contribution is 2.32. The van der Waals surface area contributed by atoms with Crippen LogP contribution in [0.15, 0.2) is 17.3 Å². The lowest BCUT2D eigenvalue weighted by Crippen LogP contribution is -2.34. The summed E-state index contributed by atoms with van der Waals surface area (Å²) in [6.07, 6.45) is 3.32. The summed E-state index contributed by atoms with van der Waals surface area (Å²) in [6.45, 7) is 3.14. The average molecular weight is 316 g/mol. The summed E-state index contributed by atoms with van der Waals surface area (Å²) in [4.78, 5) is 11.2. The van der Waals surface area contributed by atoms with Crippen molar-refractivity contribution in [3.63, 3.8) is 0 Å². The predicted molar refractivity (Wildman–Crippen MR) is 74.8 cm³/mol. The molecule has 9 heteroatoms.